The van der Waals surface area contributed by atoms with Crippen molar-refractivity contribution in [1.29, 1.82) is 0 Å². The van der Waals surface area contributed by atoms with Gasteiger partial charge in [0.1, 0.15) is 0 Å². The zero-order valence-corrected chi connectivity index (χ0v) is 3.64. The summed E-state index contributed by atoms with van der Waals surface area (Å²) >= 11 is 0. The first-order valence-corrected chi connectivity index (χ1v) is 1.93. The van der Waals surface area contributed by atoms with Gasteiger partial charge in [-0.3, -0.25) is 0 Å². The first-order valence-electron chi connectivity index (χ1n) is 1.07. The van der Waals surface area contributed by atoms with Crippen LogP contribution in [0.5, 0.6) is 0 Å². The van der Waals surface area contributed by atoms with Crippen LogP contribution < -0.4 is 0 Å². The fraction of sp³-hybridized carbons (Fsp3) is 0. The quantitative estimate of drug-likeness (QED) is 0.370. The van der Waals surface area contributed by atoms with Crippen LogP contribution in [-0.4, -0.2) is 14.8 Å². The molecule has 0 aromatic heterocycles. The third kappa shape index (κ3) is 3.72. The topological polar surface area (TPSA) is 29.5 Å². The van der Waals surface area contributed by atoms with Crippen LogP contribution in [0.15, 0.2) is 12.8 Å². The predicted molar refractivity (Wildman–Crippen MR) is 19.3 cm³/mol. The Morgan fingerprint density at radius 2 is 2.60 bits per heavy atom. The van der Waals surface area contributed by atoms with E-state index in [2.05, 4.69) is 11.0 Å². The van der Waals surface area contributed by atoms with Crippen molar-refractivity contribution in [3.05, 3.63) is 12.8 Å². The second-order valence-electron chi connectivity index (χ2n) is 0.376. The molecule has 0 fully saturated rings. The fourth-order valence-electron chi connectivity index (χ4n) is 0.0373. The van der Waals surface area contributed by atoms with Crippen LogP contribution in [-0.2, 0) is 4.43 Å². The summed E-state index contributed by atoms with van der Waals surface area (Å²) in [6.07, 6.45) is 1.19. The van der Waals surface area contributed by atoms with E-state index in [0.29, 0.717) is 0 Å². The van der Waals surface area contributed by atoms with E-state index < -0.39 is 10.0 Å². The van der Waals surface area contributed by atoms with Crippen molar-refractivity contribution < 1.29 is 9.22 Å². The Morgan fingerprint density at radius 1 is 2.00 bits per heavy atom. The van der Waals surface area contributed by atoms with E-state index in [1.165, 1.54) is 6.26 Å². The van der Waals surface area contributed by atoms with Crippen molar-refractivity contribution in [2.75, 3.05) is 0 Å². The van der Waals surface area contributed by atoms with Crippen LogP contribution in [0.4, 0.5) is 0 Å². The van der Waals surface area contributed by atoms with Gasteiger partial charge in [0.05, 0.1) is 6.26 Å². The molecule has 1 N–H and O–H groups in total. The van der Waals surface area contributed by atoms with Crippen LogP contribution in [0.2, 0.25) is 0 Å². The van der Waals surface area contributed by atoms with E-state index in [0.717, 1.165) is 0 Å². The van der Waals surface area contributed by atoms with Gasteiger partial charge < -0.3 is 9.22 Å². The Balaban J connectivity index is 2.40. The van der Waals surface area contributed by atoms with Crippen LogP contribution in [0, 0.1) is 0 Å². The first-order chi connectivity index (χ1) is 2.41. The molecular formula is C2H4O2Si. The predicted octanol–water partition coefficient (Wildman–Crippen LogP) is -0.327. The van der Waals surface area contributed by atoms with Crippen molar-refractivity contribution in [3.63, 3.8) is 0 Å². The van der Waals surface area contributed by atoms with Crippen LogP contribution in [0.25, 0.3) is 0 Å². The van der Waals surface area contributed by atoms with E-state index in [1.807, 2.05) is 0 Å². The number of rotatable bonds is 2. The highest BCUT2D eigenvalue weighted by Crippen LogP contribution is 1.58. The molecule has 2 radical (unpaired) electrons. The van der Waals surface area contributed by atoms with E-state index in [9.17, 15) is 0 Å². The van der Waals surface area contributed by atoms with E-state index >= 15 is 0 Å². The molecule has 0 aliphatic heterocycles. The van der Waals surface area contributed by atoms with Crippen LogP contribution in [0.1, 0.15) is 0 Å². The molecule has 0 bridgehead atoms. The molecule has 0 spiro atoms. The van der Waals surface area contributed by atoms with Gasteiger partial charge in [-0.1, -0.05) is 6.58 Å². The van der Waals surface area contributed by atoms with Crippen molar-refractivity contribution in [1.82, 2.24) is 0 Å². The Labute approximate surface area is 33.1 Å². The molecule has 0 saturated carbocycles. The lowest BCUT2D eigenvalue weighted by atomic mass is 11.2. The molecule has 0 amide bonds. The van der Waals surface area contributed by atoms with Gasteiger partial charge in [-0.2, -0.15) is 0 Å². The molecule has 0 aromatic carbocycles. The lowest BCUT2D eigenvalue weighted by Gasteiger charge is -1.79. The van der Waals surface area contributed by atoms with Crippen LogP contribution >= 0.6 is 0 Å². The van der Waals surface area contributed by atoms with Crippen molar-refractivity contribution in [2.24, 2.45) is 0 Å². The first kappa shape index (κ1) is 4.72. The lowest BCUT2D eigenvalue weighted by molar-refractivity contribution is 0.407. The number of hydrogen-bond acceptors (Lipinski definition) is 2. The monoisotopic (exact) mass is 88.0 g/mol. The zero-order valence-electron chi connectivity index (χ0n) is 2.64. The molecule has 0 atom stereocenters. The molecule has 0 aliphatic rings. The summed E-state index contributed by atoms with van der Waals surface area (Å²) in [5.74, 6) is 0. The molecule has 3 heteroatoms. The van der Waals surface area contributed by atoms with E-state index in [1.54, 1.807) is 0 Å². The molecule has 0 aromatic rings. The second-order valence-corrected chi connectivity index (χ2v) is 0.794. The molecule has 2 nitrogen and oxygen atoms in total. The molecule has 0 rings (SSSR count). The van der Waals surface area contributed by atoms with Crippen molar-refractivity contribution >= 4 is 10.0 Å². The molecule has 0 heterocycles. The van der Waals surface area contributed by atoms with Gasteiger partial charge in [0, 0.05) is 0 Å². The summed E-state index contributed by atoms with van der Waals surface area (Å²) in [6, 6.07) is 0. The largest absolute Gasteiger partial charge is 0.525 e. The average Bonchev–Trinajstić information content (AvgIpc) is 1.41. The van der Waals surface area contributed by atoms with Crippen molar-refractivity contribution in [3.8, 4) is 0 Å². The summed E-state index contributed by atoms with van der Waals surface area (Å²) in [5.41, 5.74) is 0. The zero-order chi connectivity index (χ0) is 4.12. The van der Waals surface area contributed by atoms with Gasteiger partial charge in [-0.15, -0.1) is 0 Å². The summed E-state index contributed by atoms with van der Waals surface area (Å²) in [7, 11) is -0.460. The van der Waals surface area contributed by atoms with Gasteiger partial charge in [0.15, 0.2) is 0 Å². The highest BCUT2D eigenvalue weighted by molar-refractivity contribution is 6.16. The molecule has 0 unspecified atom stereocenters. The smallest absolute Gasteiger partial charge is 0.517 e. The summed E-state index contributed by atoms with van der Waals surface area (Å²) in [5, 5.41) is 0. The summed E-state index contributed by atoms with van der Waals surface area (Å²) in [6.45, 7) is 3.18. The third-order valence-corrected chi connectivity index (χ3v) is 0.408. The minimum Gasteiger partial charge on any atom is -0.525 e. The van der Waals surface area contributed by atoms with Gasteiger partial charge in [0.25, 0.3) is 0 Å². The molecular weight excluding hydrogens is 84.1 g/mol. The van der Waals surface area contributed by atoms with Crippen LogP contribution in [0.3, 0.4) is 0 Å². The Bertz CT molecular complexity index is 28.8. The molecule has 5 heavy (non-hydrogen) atoms. The van der Waals surface area contributed by atoms with Crippen molar-refractivity contribution in [2.45, 2.75) is 0 Å². The Morgan fingerprint density at radius 3 is 2.60 bits per heavy atom. The summed E-state index contributed by atoms with van der Waals surface area (Å²) in [4.78, 5) is 7.80. The fourth-order valence-corrected chi connectivity index (χ4v) is 0.112. The minimum absolute atomic E-state index is 0.460. The SMILES string of the molecule is C=CO[Si]O. The lowest BCUT2D eigenvalue weighted by Crippen LogP contribution is -1.85. The second kappa shape index (κ2) is 3.72. The van der Waals surface area contributed by atoms with Gasteiger partial charge in [-0.05, 0) is 0 Å². The minimum atomic E-state index is -0.460. The van der Waals surface area contributed by atoms with Gasteiger partial charge in [-0.25, -0.2) is 0 Å². The third-order valence-electron chi connectivity index (χ3n) is 0.136. The van der Waals surface area contributed by atoms with E-state index in [4.69, 9.17) is 4.80 Å². The Hall–Kier alpha value is -0.283. The summed E-state index contributed by atoms with van der Waals surface area (Å²) < 4.78 is 4.18. The standard InChI is InChI=1S/C2H4O2Si/c1-2-4-5-3/h2-3H,1H2. The maximum atomic E-state index is 7.80. The normalized spacial score (nSPS) is 6.60. The molecule has 0 saturated heterocycles. The van der Waals surface area contributed by atoms with Gasteiger partial charge in [0.2, 0.25) is 0 Å². The highest BCUT2D eigenvalue weighted by atomic mass is 28.2. The average molecular weight is 88.1 g/mol. The number of hydrogen-bond donors (Lipinski definition) is 1. The molecule has 0 aliphatic carbocycles. The van der Waals surface area contributed by atoms with E-state index in [-0.39, 0.29) is 0 Å². The highest BCUT2D eigenvalue weighted by Gasteiger charge is 1.68. The maximum Gasteiger partial charge on any atom is 0.517 e. The maximum absolute atomic E-state index is 7.80. The van der Waals surface area contributed by atoms with Gasteiger partial charge >= 0.3 is 10.0 Å². The Kier molecular flexibility index (Phi) is 3.51. The molecule has 28 valence electrons.